The predicted octanol–water partition coefficient (Wildman–Crippen LogP) is 2.24. The van der Waals surface area contributed by atoms with Crippen molar-refractivity contribution < 1.29 is 27.8 Å². The molecule has 0 atom stereocenters. The van der Waals surface area contributed by atoms with Crippen LogP contribution < -0.4 is 4.90 Å². The van der Waals surface area contributed by atoms with Gasteiger partial charge < -0.3 is 14.7 Å². The second kappa shape index (κ2) is 6.42. The lowest BCUT2D eigenvalue weighted by molar-refractivity contribution is -0.138. The first-order valence-corrected chi connectivity index (χ1v) is 5.48. The third kappa shape index (κ3) is 4.44. The van der Waals surface area contributed by atoms with Crippen molar-refractivity contribution >= 4 is 11.7 Å². The van der Waals surface area contributed by atoms with Gasteiger partial charge in [0.15, 0.2) is 0 Å². The minimum absolute atomic E-state index is 0.0654. The van der Waals surface area contributed by atoms with Crippen LogP contribution in [-0.2, 0) is 15.7 Å². The van der Waals surface area contributed by atoms with Crippen molar-refractivity contribution in [3.05, 3.63) is 29.8 Å². The summed E-state index contributed by atoms with van der Waals surface area (Å²) in [5.74, 6) is -1.20. The number of aliphatic carboxylic acids is 1. The van der Waals surface area contributed by atoms with Crippen LogP contribution in [0.25, 0.3) is 0 Å². The second-order valence-electron chi connectivity index (χ2n) is 3.82. The summed E-state index contributed by atoms with van der Waals surface area (Å²) < 4.78 is 43.4. The van der Waals surface area contributed by atoms with Crippen molar-refractivity contribution in [1.29, 1.82) is 0 Å². The molecule has 0 heterocycles. The van der Waals surface area contributed by atoms with E-state index in [1.54, 1.807) is 0 Å². The lowest BCUT2D eigenvalue weighted by atomic mass is 10.1. The number of carbonyl (C=O) groups is 1. The van der Waals surface area contributed by atoms with E-state index in [4.69, 9.17) is 9.84 Å². The summed E-state index contributed by atoms with van der Waals surface area (Å²) >= 11 is 0. The maximum absolute atomic E-state index is 12.9. The van der Waals surface area contributed by atoms with Gasteiger partial charge in [0.25, 0.3) is 0 Å². The zero-order valence-electron chi connectivity index (χ0n) is 10.3. The second-order valence-corrected chi connectivity index (χ2v) is 3.82. The number of hydrogen-bond donors (Lipinski definition) is 1. The molecule has 0 unspecified atom stereocenters. The van der Waals surface area contributed by atoms with Gasteiger partial charge >= 0.3 is 12.1 Å². The van der Waals surface area contributed by atoms with E-state index in [1.165, 1.54) is 25.3 Å². The van der Waals surface area contributed by atoms with Crippen molar-refractivity contribution in [3.8, 4) is 0 Å². The van der Waals surface area contributed by atoms with Gasteiger partial charge in [0.2, 0.25) is 0 Å². The molecule has 0 aliphatic heterocycles. The van der Waals surface area contributed by atoms with Crippen LogP contribution in [0.1, 0.15) is 5.56 Å². The Kier molecular flexibility index (Phi) is 5.17. The number of carboxylic acids is 1. The van der Waals surface area contributed by atoms with Gasteiger partial charge in [-0.1, -0.05) is 12.1 Å². The van der Waals surface area contributed by atoms with Crippen LogP contribution in [0.2, 0.25) is 0 Å². The fourth-order valence-corrected chi connectivity index (χ4v) is 1.64. The molecule has 4 nitrogen and oxygen atoms in total. The van der Waals surface area contributed by atoms with Crippen LogP contribution in [0.3, 0.4) is 0 Å². The monoisotopic (exact) mass is 277 g/mol. The van der Waals surface area contributed by atoms with Gasteiger partial charge in [0, 0.05) is 19.3 Å². The van der Waals surface area contributed by atoms with E-state index < -0.39 is 24.3 Å². The lowest BCUT2D eigenvalue weighted by Gasteiger charge is -2.25. The Labute approximate surface area is 108 Å². The first-order valence-electron chi connectivity index (χ1n) is 5.48. The molecule has 0 aliphatic rings. The minimum atomic E-state index is -4.53. The molecule has 0 saturated carbocycles. The Balaban J connectivity index is 3.10. The highest BCUT2D eigenvalue weighted by Gasteiger charge is 2.34. The fraction of sp³-hybridized carbons (Fsp3) is 0.417. The third-order valence-electron chi connectivity index (χ3n) is 2.44. The highest BCUT2D eigenvalue weighted by Crippen LogP contribution is 2.36. The summed E-state index contributed by atoms with van der Waals surface area (Å²) in [6.45, 7) is -0.314. The smallest absolute Gasteiger partial charge is 0.418 e. The van der Waals surface area contributed by atoms with Crippen LogP contribution in [0.5, 0.6) is 0 Å². The van der Waals surface area contributed by atoms with Crippen molar-refractivity contribution in [2.24, 2.45) is 0 Å². The molecule has 19 heavy (non-hydrogen) atoms. The van der Waals surface area contributed by atoms with Crippen LogP contribution in [0, 0.1) is 0 Å². The first-order chi connectivity index (χ1) is 8.86. The summed E-state index contributed by atoms with van der Waals surface area (Å²) in [6.07, 6.45) is -4.53. The first kappa shape index (κ1) is 15.3. The molecule has 0 saturated heterocycles. The van der Waals surface area contributed by atoms with Gasteiger partial charge in [-0.2, -0.15) is 13.2 Å². The zero-order chi connectivity index (χ0) is 14.5. The summed E-state index contributed by atoms with van der Waals surface area (Å²) in [6, 6.07) is 4.88. The molecule has 0 amide bonds. The predicted molar refractivity (Wildman–Crippen MR) is 63.2 cm³/mol. The number of methoxy groups -OCH3 is 1. The number of alkyl halides is 3. The topological polar surface area (TPSA) is 49.8 Å². The molecule has 1 aromatic rings. The van der Waals surface area contributed by atoms with E-state index in [0.717, 1.165) is 11.0 Å². The Morgan fingerprint density at radius 3 is 2.53 bits per heavy atom. The average molecular weight is 277 g/mol. The molecule has 0 aromatic heterocycles. The molecule has 0 aliphatic carbocycles. The maximum Gasteiger partial charge on any atom is 0.418 e. The Hall–Kier alpha value is -1.76. The number of benzene rings is 1. The molecule has 7 heteroatoms. The van der Waals surface area contributed by atoms with Crippen molar-refractivity contribution in [1.82, 2.24) is 0 Å². The fourth-order valence-electron chi connectivity index (χ4n) is 1.64. The molecule has 0 radical (unpaired) electrons. The molecule has 0 fully saturated rings. The zero-order valence-corrected chi connectivity index (χ0v) is 10.3. The number of anilines is 1. The quantitative estimate of drug-likeness (QED) is 0.866. The molecular formula is C12H14F3NO3. The normalized spacial score (nSPS) is 11.4. The van der Waals surface area contributed by atoms with Gasteiger partial charge in [0.05, 0.1) is 12.2 Å². The summed E-state index contributed by atoms with van der Waals surface area (Å²) in [7, 11) is 1.40. The number of rotatable bonds is 6. The standard InChI is InChI=1S/C12H14F3NO3/c1-19-7-6-16(8-11(17)18)10-5-3-2-4-9(10)12(13,14)15/h2-5H,6-8H2,1H3,(H,17,18). The van der Waals surface area contributed by atoms with Gasteiger partial charge in [-0.3, -0.25) is 4.79 Å². The Morgan fingerprint density at radius 2 is 2.00 bits per heavy atom. The van der Waals surface area contributed by atoms with E-state index in [1.807, 2.05) is 0 Å². The Bertz CT molecular complexity index is 434. The summed E-state index contributed by atoms with van der Waals surface area (Å²) in [5, 5.41) is 8.77. The van der Waals surface area contributed by atoms with E-state index in [0.29, 0.717) is 0 Å². The summed E-state index contributed by atoms with van der Waals surface area (Å²) in [5.41, 5.74) is -1.01. The number of hydrogen-bond acceptors (Lipinski definition) is 3. The van der Waals surface area contributed by atoms with E-state index >= 15 is 0 Å². The SMILES string of the molecule is COCCN(CC(=O)O)c1ccccc1C(F)(F)F. The van der Waals surface area contributed by atoms with Gasteiger partial charge in [-0.15, -0.1) is 0 Å². The molecule has 0 spiro atoms. The van der Waals surface area contributed by atoms with Gasteiger partial charge in [-0.25, -0.2) is 0 Å². The van der Waals surface area contributed by atoms with Crippen LogP contribution in [0.4, 0.5) is 18.9 Å². The van der Waals surface area contributed by atoms with Gasteiger partial charge in [-0.05, 0) is 12.1 Å². The largest absolute Gasteiger partial charge is 0.480 e. The van der Waals surface area contributed by atoms with Crippen molar-refractivity contribution in [2.75, 3.05) is 31.7 Å². The van der Waals surface area contributed by atoms with E-state index in [-0.39, 0.29) is 18.8 Å². The van der Waals surface area contributed by atoms with E-state index in [9.17, 15) is 18.0 Å². The lowest BCUT2D eigenvalue weighted by Crippen LogP contribution is -2.34. The van der Waals surface area contributed by atoms with Crippen molar-refractivity contribution in [2.45, 2.75) is 6.18 Å². The van der Waals surface area contributed by atoms with Crippen LogP contribution >= 0.6 is 0 Å². The summed E-state index contributed by atoms with van der Waals surface area (Å²) in [4.78, 5) is 11.9. The van der Waals surface area contributed by atoms with Gasteiger partial charge in [0.1, 0.15) is 6.54 Å². The maximum atomic E-state index is 12.9. The van der Waals surface area contributed by atoms with Crippen LogP contribution in [-0.4, -0.2) is 37.9 Å². The Morgan fingerprint density at radius 1 is 1.37 bits per heavy atom. The molecule has 1 N–H and O–H groups in total. The van der Waals surface area contributed by atoms with Crippen LogP contribution in [0.15, 0.2) is 24.3 Å². The van der Waals surface area contributed by atoms with Crippen molar-refractivity contribution in [3.63, 3.8) is 0 Å². The molecule has 0 bridgehead atoms. The number of halogens is 3. The number of nitrogens with zero attached hydrogens (tertiary/aromatic N) is 1. The third-order valence-corrected chi connectivity index (χ3v) is 2.44. The van der Waals surface area contributed by atoms with E-state index in [2.05, 4.69) is 0 Å². The number of carboxylic acid groups (broad SMARTS) is 1. The molecular weight excluding hydrogens is 263 g/mol. The average Bonchev–Trinajstić information content (AvgIpc) is 2.33. The molecule has 1 rings (SSSR count). The molecule has 106 valence electrons. The molecule has 1 aromatic carbocycles. The number of para-hydroxylation sites is 1. The highest BCUT2D eigenvalue weighted by atomic mass is 19.4. The minimum Gasteiger partial charge on any atom is -0.480 e. The number of ether oxygens (including phenoxy) is 1. The highest BCUT2D eigenvalue weighted by molar-refractivity contribution is 5.74.